The standard InChI is InChI=1S/C19H19BrN2O2S2/c20-18-4-2-1-3-15(18)10-25-13-19(23)22-21-9-14-5-7-16(8-6-14)24-17-11-26-12-17/h1-9,17H,10-13H2,(H,22,23)/b21-9-. The second-order valence-corrected chi connectivity index (χ2v) is 8.64. The highest BCUT2D eigenvalue weighted by atomic mass is 79.9. The largest absolute Gasteiger partial charge is 0.489 e. The normalized spacial score (nSPS) is 14.2. The molecule has 2 aromatic carbocycles. The highest BCUT2D eigenvalue weighted by molar-refractivity contribution is 9.10. The summed E-state index contributed by atoms with van der Waals surface area (Å²) in [6, 6.07) is 15.7. The van der Waals surface area contributed by atoms with Crippen LogP contribution in [-0.4, -0.2) is 35.5 Å². The van der Waals surface area contributed by atoms with E-state index in [0.717, 1.165) is 33.0 Å². The Hall–Kier alpha value is -1.44. The van der Waals surface area contributed by atoms with Crippen molar-refractivity contribution in [2.45, 2.75) is 11.9 Å². The van der Waals surface area contributed by atoms with E-state index in [2.05, 4.69) is 26.5 Å². The Balaban J connectivity index is 1.37. The lowest BCUT2D eigenvalue weighted by Crippen LogP contribution is -2.30. The molecular weight excluding hydrogens is 432 g/mol. The molecule has 136 valence electrons. The van der Waals surface area contributed by atoms with Gasteiger partial charge in [-0.25, -0.2) is 5.43 Å². The maximum absolute atomic E-state index is 11.8. The summed E-state index contributed by atoms with van der Waals surface area (Å²) in [5, 5.41) is 4.01. The zero-order valence-corrected chi connectivity index (χ0v) is 17.3. The molecule has 2 aromatic rings. The van der Waals surface area contributed by atoms with Gasteiger partial charge in [-0.2, -0.15) is 16.9 Å². The van der Waals surface area contributed by atoms with Crippen molar-refractivity contribution in [1.82, 2.24) is 5.43 Å². The number of hydrogen-bond donors (Lipinski definition) is 1. The molecule has 0 aliphatic carbocycles. The van der Waals surface area contributed by atoms with Crippen LogP contribution in [0.25, 0.3) is 0 Å². The molecule has 26 heavy (non-hydrogen) atoms. The third-order valence-corrected chi connectivity index (χ3v) is 6.61. The summed E-state index contributed by atoms with van der Waals surface area (Å²) in [4.78, 5) is 11.8. The van der Waals surface area contributed by atoms with E-state index < -0.39 is 0 Å². The second-order valence-electron chi connectivity index (χ2n) is 5.72. The number of hydrazone groups is 1. The number of halogens is 1. The number of hydrogen-bond acceptors (Lipinski definition) is 5. The van der Waals surface area contributed by atoms with Crippen molar-refractivity contribution < 1.29 is 9.53 Å². The van der Waals surface area contributed by atoms with E-state index in [9.17, 15) is 4.79 Å². The molecule has 1 saturated heterocycles. The van der Waals surface area contributed by atoms with Crippen molar-refractivity contribution in [1.29, 1.82) is 0 Å². The van der Waals surface area contributed by atoms with Crippen LogP contribution >= 0.6 is 39.5 Å². The van der Waals surface area contributed by atoms with E-state index >= 15 is 0 Å². The number of amides is 1. The monoisotopic (exact) mass is 450 g/mol. The first kappa shape index (κ1) is 19.3. The zero-order chi connectivity index (χ0) is 18.2. The van der Waals surface area contributed by atoms with Crippen molar-refractivity contribution in [3.8, 4) is 5.75 Å². The fourth-order valence-electron chi connectivity index (χ4n) is 2.19. The van der Waals surface area contributed by atoms with E-state index in [1.54, 1.807) is 18.0 Å². The molecule has 4 nitrogen and oxygen atoms in total. The minimum Gasteiger partial charge on any atom is -0.489 e. The molecule has 7 heteroatoms. The summed E-state index contributed by atoms with van der Waals surface area (Å²) in [5.74, 6) is 4.04. The molecule has 1 amide bonds. The minimum atomic E-state index is -0.110. The van der Waals surface area contributed by atoms with Crippen LogP contribution in [0, 0.1) is 0 Å². The van der Waals surface area contributed by atoms with Gasteiger partial charge in [-0.15, -0.1) is 11.8 Å². The van der Waals surface area contributed by atoms with E-state index in [1.807, 2.05) is 60.3 Å². The first-order chi connectivity index (χ1) is 12.7. The van der Waals surface area contributed by atoms with Gasteiger partial charge in [0, 0.05) is 21.7 Å². The van der Waals surface area contributed by atoms with Crippen LogP contribution in [0.5, 0.6) is 5.75 Å². The number of ether oxygens (including phenoxy) is 1. The van der Waals surface area contributed by atoms with Crippen LogP contribution in [0.3, 0.4) is 0 Å². The molecule has 1 N–H and O–H groups in total. The first-order valence-electron chi connectivity index (χ1n) is 8.18. The Morgan fingerprint density at radius 1 is 1.27 bits per heavy atom. The van der Waals surface area contributed by atoms with Crippen LogP contribution in [0.2, 0.25) is 0 Å². The Bertz CT molecular complexity index is 764. The van der Waals surface area contributed by atoms with E-state index in [1.165, 1.54) is 5.56 Å². The van der Waals surface area contributed by atoms with E-state index in [-0.39, 0.29) is 5.91 Å². The summed E-state index contributed by atoms with van der Waals surface area (Å²) in [6.07, 6.45) is 1.98. The third kappa shape index (κ3) is 6.07. The van der Waals surface area contributed by atoms with Gasteiger partial charge in [0.2, 0.25) is 5.91 Å². The summed E-state index contributed by atoms with van der Waals surface area (Å²) in [7, 11) is 0. The molecule has 1 aliphatic rings. The molecule has 0 unspecified atom stereocenters. The van der Waals surface area contributed by atoms with E-state index in [4.69, 9.17) is 4.74 Å². The van der Waals surface area contributed by atoms with Crippen molar-refractivity contribution in [2.75, 3.05) is 17.3 Å². The SMILES string of the molecule is O=C(CSCc1ccccc1Br)N/N=C\c1ccc(OC2CSC2)cc1. The number of nitrogens with zero attached hydrogens (tertiary/aromatic N) is 1. The number of carbonyl (C=O) groups excluding carboxylic acids is 1. The quantitative estimate of drug-likeness (QED) is 0.480. The zero-order valence-electron chi connectivity index (χ0n) is 14.1. The highest BCUT2D eigenvalue weighted by Crippen LogP contribution is 2.24. The topological polar surface area (TPSA) is 50.7 Å². The van der Waals surface area contributed by atoms with Gasteiger partial charge in [-0.05, 0) is 41.5 Å². The predicted octanol–water partition coefficient (Wildman–Crippen LogP) is 4.33. The predicted molar refractivity (Wildman–Crippen MR) is 114 cm³/mol. The second kappa shape index (κ2) is 10.0. The van der Waals surface area contributed by atoms with Crippen LogP contribution in [-0.2, 0) is 10.5 Å². The lowest BCUT2D eigenvalue weighted by atomic mass is 10.2. The highest BCUT2D eigenvalue weighted by Gasteiger charge is 2.19. The van der Waals surface area contributed by atoms with Gasteiger partial charge in [0.15, 0.2) is 0 Å². The minimum absolute atomic E-state index is 0.110. The third-order valence-electron chi connectivity index (χ3n) is 3.64. The van der Waals surface area contributed by atoms with Gasteiger partial charge in [-0.3, -0.25) is 4.79 Å². The number of thioether (sulfide) groups is 2. The fourth-order valence-corrected chi connectivity index (χ4v) is 4.19. The van der Waals surface area contributed by atoms with Crippen molar-refractivity contribution in [3.63, 3.8) is 0 Å². The van der Waals surface area contributed by atoms with Crippen molar-refractivity contribution in [2.24, 2.45) is 5.10 Å². The van der Waals surface area contributed by atoms with Crippen LogP contribution in [0.15, 0.2) is 58.1 Å². The van der Waals surface area contributed by atoms with Gasteiger partial charge in [0.25, 0.3) is 0 Å². The van der Waals surface area contributed by atoms with Gasteiger partial charge in [0.05, 0.1) is 12.0 Å². The van der Waals surface area contributed by atoms with Crippen LogP contribution < -0.4 is 10.2 Å². The lowest BCUT2D eigenvalue weighted by molar-refractivity contribution is -0.118. The van der Waals surface area contributed by atoms with Gasteiger partial charge < -0.3 is 4.74 Å². The Morgan fingerprint density at radius 3 is 2.73 bits per heavy atom. The Labute approximate surface area is 170 Å². The molecule has 3 rings (SSSR count). The number of nitrogens with one attached hydrogen (secondary N) is 1. The summed E-state index contributed by atoms with van der Waals surface area (Å²) < 4.78 is 6.86. The number of rotatable bonds is 8. The molecule has 0 aromatic heterocycles. The molecule has 1 heterocycles. The Morgan fingerprint density at radius 2 is 2.04 bits per heavy atom. The molecule has 1 aliphatic heterocycles. The van der Waals surface area contributed by atoms with E-state index in [0.29, 0.717) is 11.9 Å². The molecular formula is C19H19BrN2O2S2. The molecule has 0 bridgehead atoms. The molecule has 1 fully saturated rings. The summed E-state index contributed by atoms with van der Waals surface area (Å²) >= 11 is 6.96. The lowest BCUT2D eigenvalue weighted by Gasteiger charge is -2.25. The molecule has 0 atom stereocenters. The van der Waals surface area contributed by atoms with Crippen molar-refractivity contribution >= 4 is 51.6 Å². The van der Waals surface area contributed by atoms with Crippen LogP contribution in [0.1, 0.15) is 11.1 Å². The van der Waals surface area contributed by atoms with Crippen molar-refractivity contribution in [3.05, 3.63) is 64.1 Å². The molecule has 0 radical (unpaired) electrons. The average molecular weight is 451 g/mol. The number of carbonyl (C=O) groups is 1. The average Bonchev–Trinajstić information content (AvgIpc) is 2.61. The van der Waals surface area contributed by atoms with Crippen LogP contribution in [0.4, 0.5) is 0 Å². The van der Waals surface area contributed by atoms with Gasteiger partial charge in [0.1, 0.15) is 11.9 Å². The van der Waals surface area contributed by atoms with Gasteiger partial charge in [-0.1, -0.05) is 34.1 Å². The maximum Gasteiger partial charge on any atom is 0.250 e. The maximum atomic E-state index is 11.8. The fraction of sp³-hybridized carbons (Fsp3) is 0.263. The summed E-state index contributed by atoms with van der Waals surface area (Å²) in [6.45, 7) is 0. The smallest absolute Gasteiger partial charge is 0.250 e. The molecule has 0 saturated carbocycles. The number of benzene rings is 2. The summed E-state index contributed by atoms with van der Waals surface area (Å²) in [5.41, 5.74) is 4.66. The van der Waals surface area contributed by atoms with Gasteiger partial charge >= 0.3 is 0 Å². The Kier molecular flexibility index (Phi) is 7.46. The molecule has 0 spiro atoms. The first-order valence-corrected chi connectivity index (χ1v) is 11.3.